The summed E-state index contributed by atoms with van der Waals surface area (Å²) < 4.78 is 37.0. The zero-order valence-corrected chi connectivity index (χ0v) is 10.8. The Labute approximate surface area is 112 Å². The van der Waals surface area contributed by atoms with Crippen molar-refractivity contribution in [1.29, 1.82) is 0 Å². The Bertz CT molecular complexity index is 693. The Hall–Kier alpha value is -1.89. The van der Waals surface area contributed by atoms with Crippen LogP contribution in [0.1, 0.15) is 12.6 Å². The van der Waals surface area contributed by atoms with Crippen LogP contribution in [-0.2, 0) is 6.42 Å². The quantitative estimate of drug-likeness (QED) is 0.859. The molecule has 0 unspecified atom stereocenters. The van der Waals surface area contributed by atoms with Crippen LogP contribution in [0.2, 0.25) is 0 Å². The molecule has 0 fully saturated rings. The largest absolute Gasteiger partial charge is 0.586 e. The van der Waals surface area contributed by atoms with Crippen molar-refractivity contribution in [2.75, 3.05) is 0 Å². The molecule has 1 aliphatic heterocycles. The number of aryl methyl sites for hydroxylation is 1. The molecule has 0 aliphatic carbocycles. The second kappa shape index (κ2) is 4.06. The van der Waals surface area contributed by atoms with Gasteiger partial charge in [0, 0.05) is 18.0 Å². The van der Waals surface area contributed by atoms with Crippen LogP contribution in [0.4, 0.5) is 8.78 Å². The number of ether oxygens (including phenoxy) is 2. The first kappa shape index (κ1) is 12.2. The van der Waals surface area contributed by atoms with Crippen LogP contribution >= 0.6 is 12.2 Å². The van der Waals surface area contributed by atoms with Crippen molar-refractivity contribution in [2.45, 2.75) is 19.6 Å². The molecule has 0 saturated heterocycles. The smallest absolute Gasteiger partial charge is 0.395 e. The van der Waals surface area contributed by atoms with Gasteiger partial charge in [-0.2, -0.15) is 0 Å². The van der Waals surface area contributed by atoms with E-state index >= 15 is 0 Å². The summed E-state index contributed by atoms with van der Waals surface area (Å²) >= 11 is 5.18. The van der Waals surface area contributed by atoms with E-state index in [1.807, 2.05) is 6.92 Å². The van der Waals surface area contributed by atoms with Crippen molar-refractivity contribution in [3.05, 3.63) is 34.9 Å². The summed E-state index contributed by atoms with van der Waals surface area (Å²) in [5.74, 6) is 0.0292. The van der Waals surface area contributed by atoms with Gasteiger partial charge in [-0.3, -0.25) is 4.57 Å². The first-order valence-corrected chi connectivity index (χ1v) is 6.10. The van der Waals surface area contributed by atoms with Crippen LogP contribution in [0, 0.1) is 4.77 Å². The van der Waals surface area contributed by atoms with Crippen molar-refractivity contribution in [1.82, 2.24) is 9.55 Å². The standard InChI is InChI=1S/C12H10F2N2O2S/c1-2-7-6-15-11(19)16(7)8-3-4-9-10(5-8)18-12(13,14)17-9/h3-6H,2H2,1H3,(H,15,19). The lowest BCUT2D eigenvalue weighted by atomic mass is 10.2. The van der Waals surface area contributed by atoms with Gasteiger partial charge in [0.15, 0.2) is 16.3 Å². The third-order valence-electron chi connectivity index (χ3n) is 2.86. The maximum Gasteiger partial charge on any atom is 0.586 e. The number of imidazole rings is 1. The molecule has 2 heterocycles. The van der Waals surface area contributed by atoms with Crippen LogP contribution in [0.25, 0.3) is 5.69 Å². The van der Waals surface area contributed by atoms with Crippen LogP contribution < -0.4 is 9.47 Å². The Morgan fingerprint density at radius 1 is 1.32 bits per heavy atom. The first-order chi connectivity index (χ1) is 9.00. The maximum absolute atomic E-state index is 13.0. The van der Waals surface area contributed by atoms with Gasteiger partial charge in [0.05, 0.1) is 5.69 Å². The Kier molecular flexibility index (Phi) is 2.60. The minimum atomic E-state index is -3.60. The predicted octanol–water partition coefficient (Wildman–Crippen LogP) is 3.42. The van der Waals surface area contributed by atoms with Gasteiger partial charge in [-0.05, 0) is 30.8 Å². The molecule has 0 atom stereocenters. The molecule has 0 bridgehead atoms. The lowest BCUT2D eigenvalue weighted by Crippen LogP contribution is -2.25. The number of hydrogen-bond acceptors (Lipinski definition) is 3. The van der Waals surface area contributed by atoms with Gasteiger partial charge in [0.1, 0.15) is 0 Å². The summed E-state index contributed by atoms with van der Waals surface area (Å²) in [6.45, 7) is 1.98. The van der Waals surface area contributed by atoms with Crippen molar-refractivity contribution >= 4 is 12.2 Å². The number of nitrogens with one attached hydrogen (secondary N) is 1. The van der Waals surface area contributed by atoms with E-state index in [2.05, 4.69) is 14.5 Å². The fraction of sp³-hybridized carbons (Fsp3) is 0.250. The Morgan fingerprint density at radius 2 is 2.05 bits per heavy atom. The number of benzene rings is 1. The minimum absolute atomic E-state index is 0.00709. The molecule has 19 heavy (non-hydrogen) atoms. The molecule has 1 aromatic heterocycles. The van der Waals surface area contributed by atoms with Crippen molar-refractivity contribution in [3.8, 4) is 17.2 Å². The van der Waals surface area contributed by atoms with E-state index in [9.17, 15) is 8.78 Å². The normalized spacial score (nSPS) is 15.7. The van der Waals surface area contributed by atoms with Gasteiger partial charge < -0.3 is 14.5 Å². The van der Waals surface area contributed by atoms with E-state index in [4.69, 9.17) is 12.2 Å². The molecule has 1 N–H and O–H groups in total. The fourth-order valence-corrected chi connectivity index (χ4v) is 2.31. The van der Waals surface area contributed by atoms with E-state index in [1.165, 1.54) is 12.1 Å². The van der Waals surface area contributed by atoms with Crippen LogP contribution in [0.15, 0.2) is 24.4 Å². The topological polar surface area (TPSA) is 39.2 Å². The van der Waals surface area contributed by atoms with E-state index in [-0.39, 0.29) is 11.5 Å². The van der Waals surface area contributed by atoms with Gasteiger partial charge >= 0.3 is 6.29 Å². The van der Waals surface area contributed by atoms with Gasteiger partial charge in [0.2, 0.25) is 0 Å². The average molecular weight is 284 g/mol. The molecule has 3 rings (SSSR count). The van der Waals surface area contributed by atoms with Gasteiger partial charge in [0.25, 0.3) is 0 Å². The third kappa shape index (κ3) is 1.99. The highest BCUT2D eigenvalue weighted by Crippen LogP contribution is 2.41. The average Bonchev–Trinajstić information content (AvgIpc) is 2.86. The molecular formula is C12H10F2N2O2S. The van der Waals surface area contributed by atoms with Gasteiger partial charge in [-0.1, -0.05) is 6.92 Å². The summed E-state index contributed by atoms with van der Waals surface area (Å²) in [4.78, 5) is 2.93. The first-order valence-electron chi connectivity index (χ1n) is 5.70. The molecule has 2 aromatic rings. The summed E-state index contributed by atoms with van der Waals surface area (Å²) in [7, 11) is 0. The van der Waals surface area contributed by atoms with Crippen molar-refractivity contribution in [2.24, 2.45) is 0 Å². The van der Waals surface area contributed by atoms with Crippen molar-refractivity contribution < 1.29 is 18.3 Å². The van der Waals surface area contributed by atoms with Crippen LogP contribution in [-0.4, -0.2) is 15.8 Å². The Balaban J connectivity index is 2.09. The second-order valence-electron chi connectivity index (χ2n) is 4.07. The molecule has 1 aliphatic rings. The number of aromatic nitrogens is 2. The van der Waals surface area contributed by atoms with Gasteiger partial charge in [-0.25, -0.2) is 0 Å². The molecule has 4 nitrogen and oxygen atoms in total. The minimum Gasteiger partial charge on any atom is -0.395 e. The Morgan fingerprint density at radius 3 is 2.79 bits per heavy atom. The predicted molar refractivity (Wildman–Crippen MR) is 66.5 cm³/mol. The zero-order valence-electron chi connectivity index (χ0n) is 9.94. The van der Waals surface area contributed by atoms with E-state index in [0.29, 0.717) is 10.5 Å². The number of nitrogens with zero attached hydrogens (tertiary/aromatic N) is 1. The number of fused-ring (bicyclic) bond motifs is 1. The molecular weight excluding hydrogens is 274 g/mol. The summed E-state index contributed by atoms with van der Waals surface area (Å²) in [5.41, 5.74) is 1.61. The number of alkyl halides is 2. The van der Waals surface area contributed by atoms with Crippen LogP contribution in [0.5, 0.6) is 11.5 Å². The highest BCUT2D eigenvalue weighted by molar-refractivity contribution is 7.71. The molecule has 100 valence electrons. The summed E-state index contributed by atoms with van der Waals surface area (Å²) in [6, 6.07) is 4.59. The SMILES string of the molecule is CCc1c[nH]c(=S)n1-c1ccc2c(c1)OC(F)(F)O2. The highest BCUT2D eigenvalue weighted by Gasteiger charge is 2.43. The second-order valence-corrected chi connectivity index (χ2v) is 4.46. The number of hydrogen-bond donors (Lipinski definition) is 1. The fourth-order valence-electron chi connectivity index (χ4n) is 2.02. The molecule has 0 amide bonds. The molecule has 1 aromatic carbocycles. The number of rotatable bonds is 2. The monoisotopic (exact) mass is 284 g/mol. The van der Waals surface area contributed by atoms with Gasteiger partial charge in [-0.15, -0.1) is 8.78 Å². The molecule has 0 spiro atoms. The number of halogens is 2. The lowest BCUT2D eigenvalue weighted by Gasteiger charge is -2.07. The van der Waals surface area contributed by atoms with E-state index in [0.717, 1.165) is 12.1 Å². The van der Waals surface area contributed by atoms with E-state index in [1.54, 1.807) is 16.8 Å². The molecule has 7 heteroatoms. The molecule has 0 saturated carbocycles. The summed E-state index contributed by atoms with van der Waals surface area (Å²) in [5, 5.41) is 0. The van der Waals surface area contributed by atoms with Crippen molar-refractivity contribution in [3.63, 3.8) is 0 Å². The maximum atomic E-state index is 13.0. The lowest BCUT2D eigenvalue weighted by molar-refractivity contribution is -0.286. The third-order valence-corrected chi connectivity index (χ3v) is 3.16. The molecule has 0 radical (unpaired) electrons. The zero-order chi connectivity index (χ0) is 13.6. The summed E-state index contributed by atoms with van der Waals surface area (Å²) in [6.07, 6.45) is -1.05. The number of H-pyrrole nitrogens is 1. The van der Waals surface area contributed by atoms with E-state index < -0.39 is 6.29 Å². The highest BCUT2D eigenvalue weighted by atomic mass is 32.1. The number of aromatic amines is 1. The van der Waals surface area contributed by atoms with Crippen LogP contribution in [0.3, 0.4) is 0 Å².